The minimum atomic E-state index is -0.327. The molecular formula is C24H24N2O3S. The number of nitrogens with one attached hydrogen (secondary N) is 2. The highest BCUT2D eigenvalue weighted by atomic mass is 32.1. The van der Waals surface area contributed by atoms with Crippen LogP contribution in [0.25, 0.3) is 0 Å². The van der Waals surface area contributed by atoms with Gasteiger partial charge in [-0.05, 0) is 49.0 Å². The number of para-hydroxylation sites is 1. The van der Waals surface area contributed by atoms with Gasteiger partial charge in [-0.2, -0.15) is 0 Å². The van der Waals surface area contributed by atoms with E-state index in [2.05, 4.69) is 22.8 Å². The summed E-state index contributed by atoms with van der Waals surface area (Å²) in [7, 11) is 0. The van der Waals surface area contributed by atoms with Gasteiger partial charge in [0.05, 0.1) is 18.8 Å². The SMILES string of the molecule is CCOc1ccccc1C(=O)NC(=S)Nc1cccc(OCCc2ccccc2)c1. The summed E-state index contributed by atoms with van der Waals surface area (Å²) in [4.78, 5) is 12.5. The molecule has 0 radical (unpaired) electrons. The molecule has 154 valence electrons. The van der Waals surface area contributed by atoms with Crippen LogP contribution in [0.3, 0.4) is 0 Å². The standard InChI is InChI=1S/C24H24N2O3S/c1-2-28-22-14-7-6-13-21(22)23(27)26-24(30)25-19-11-8-12-20(17-19)29-16-15-18-9-4-3-5-10-18/h3-14,17H,2,15-16H2,1H3,(H2,25,26,27,30). The van der Waals surface area contributed by atoms with Crippen molar-refractivity contribution in [2.24, 2.45) is 0 Å². The van der Waals surface area contributed by atoms with Gasteiger partial charge in [0, 0.05) is 18.2 Å². The quantitative estimate of drug-likeness (QED) is 0.511. The highest BCUT2D eigenvalue weighted by Crippen LogP contribution is 2.19. The van der Waals surface area contributed by atoms with Crippen LogP contribution in [-0.4, -0.2) is 24.2 Å². The Bertz CT molecular complexity index is 993. The van der Waals surface area contributed by atoms with Crippen molar-refractivity contribution in [3.63, 3.8) is 0 Å². The molecule has 0 aliphatic carbocycles. The van der Waals surface area contributed by atoms with Crippen LogP contribution in [0.2, 0.25) is 0 Å². The van der Waals surface area contributed by atoms with Crippen molar-refractivity contribution >= 4 is 28.9 Å². The Hall–Kier alpha value is -3.38. The topological polar surface area (TPSA) is 59.6 Å². The van der Waals surface area contributed by atoms with Gasteiger partial charge in [0.25, 0.3) is 5.91 Å². The Kier molecular flexibility index (Phi) is 7.80. The van der Waals surface area contributed by atoms with E-state index in [-0.39, 0.29) is 11.0 Å². The summed E-state index contributed by atoms with van der Waals surface area (Å²) in [6, 6.07) is 24.7. The van der Waals surface area contributed by atoms with E-state index >= 15 is 0 Å². The molecule has 0 saturated heterocycles. The average Bonchev–Trinajstić information content (AvgIpc) is 2.75. The Morgan fingerprint density at radius 3 is 2.50 bits per heavy atom. The maximum Gasteiger partial charge on any atom is 0.261 e. The first kappa shape index (κ1) is 21.3. The maximum absolute atomic E-state index is 12.5. The third-order valence-electron chi connectivity index (χ3n) is 4.25. The minimum Gasteiger partial charge on any atom is -0.493 e. The molecule has 3 rings (SSSR count). The molecule has 0 saturated carbocycles. The second kappa shape index (κ2) is 11.0. The van der Waals surface area contributed by atoms with Crippen molar-refractivity contribution in [3.05, 3.63) is 90.0 Å². The van der Waals surface area contributed by atoms with Gasteiger partial charge in [0.15, 0.2) is 5.11 Å². The number of carbonyl (C=O) groups is 1. The summed E-state index contributed by atoms with van der Waals surface area (Å²) in [6.45, 7) is 2.92. The van der Waals surface area contributed by atoms with E-state index in [1.165, 1.54) is 5.56 Å². The van der Waals surface area contributed by atoms with Crippen LogP contribution in [0.5, 0.6) is 11.5 Å². The van der Waals surface area contributed by atoms with E-state index < -0.39 is 0 Å². The van der Waals surface area contributed by atoms with Crippen LogP contribution in [-0.2, 0) is 6.42 Å². The summed E-state index contributed by atoms with van der Waals surface area (Å²) in [5.74, 6) is 0.924. The van der Waals surface area contributed by atoms with E-state index in [1.54, 1.807) is 18.2 Å². The van der Waals surface area contributed by atoms with E-state index in [0.29, 0.717) is 24.5 Å². The number of benzene rings is 3. The molecule has 0 atom stereocenters. The van der Waals surface area contributed by atoms with Crippen molar-refractivity contribution in [1.82, 2.24) is 5.32 Å². The Balaban J connectivity index is 1.54. The lowest BCUT2D eigenvalue weighted by molar-refractivity contribution is 0.0974. The summed E-state index contributed by atoms with van der Waals surface area (Å²) < 4.78 is 11.3. The molecule has 3 aromatic rings. The smallest absolute Gasteiger partial charge is 0.261 e. The molecule has 0 aliphatic heterocycles. The number of anilines is 1. The number of hydrogen-bond donors (Lipinski definition) is 2. The summed E-state index contributed by atoms with van der Waals surface area (Å²) in [5, 5.41) is 5.91. The molecule has 6 heteroatoms. The van der Waals surface area contributed by atoms with Crippen molar-refractivity contribution in [1.29, 1.82) is 0 Å². The Morgan fingerprint density at radius 2 is 1.70 bits per heavy atom. The number of carbonyl (C=O) groups excluding carboxylic acids is 1. The zero-order valence-corrected chi connectivity index (χ0v) is 17.6. The van der Waals surface area contributed by atoms with E-state index in [1.807, 2.05) is 55.5 Å². The Morgan fingerprint density at radius 1 is 0.933 bits per heavy atom. The first-order valence-corrected chi connectivity index (χ1v) is 10.2. The van der Waals surface area contributed by atoms with Gasteiger partial charge >= 0.3 is 0 Å². The molecule has 5 nitrogen and oxygen atoms in total. The molecule has 30 heavy (non-hydrogen) atoms. The summed E-state index contributed by atoms with van der Waals surface area (Å²) in [5.41, 5.74) is 2.39. The number of rotatable bonds is 8. The molecule has 0 bridgehead atoms. The zero-order valence-electron chi connectivity index (χ0n) is 16.8. The first-order valence-electron chi connectivity index (χ1n) is 9.76. The fourth-order valence-corrected chi connectivity index (χ4v) is 3.07. The largest absolute Gasteiger partial charge is 0.493 e. The van der Waals surface area contributed by atoms with Crippen LogP contribution in [0, 0.1) is 0 Å². The molecule has 0 heterocycles. The monoisotopic (exact) mass is 420 g/mol. The van der Waals surface area contributed by atoms with Crippen molar-refractivity contribution in [2.75, 3.05) is 18.5 Å². The van der Waals surface area contributed by atoms with Gasteiger partial charge in [-0.3, -0.25) is 10.1 Å². The normalized spacial score (nSPS) is 10.2. The minimum absolute atomic E-state index is 0.202. The fourth-order valence-electron chi connectivity index (χ4n) is 2.86. The highest BCUT2D eigenvalue weighted by molar-refractivity contribution is 7.80. The van der Waals surface area contributed by atoms with E-state index in [4.69, 9.17) is 21.7 Å². The van der Waals surface area contributed by atoms with E-state index in [9.17, 15) is 4.79 Å². The lowest BCUT2D eigenvalue weighted by Gasteiger charge is -2.13. The predicted molar refractivity (Wildman–Crippen MR) is 123 cm³/mol. The predicted octanol–water partition coefficient (Wildman–Crippen LogP) is 4.83. The maximum atomic E-state index is 12.5. The lowest BCUT2D eigenvalue weighted by atomic mass is 10.2. The van der Waals surface area contributed by atoms with E-state index in [0.717, 1.165) is 17.9 Å². The van der Waals surface area contributed by atoms with Crippen LogP contribution in [0.1, 0.15) is 22.8 Å². The summed E-state index contributed by atoms with van der Waals surface area (Å²) >= 11 is 5.29. The summed E-state index contributed by atoms with van der Waals surface area (Å²) in [6.07, 6.45) is 0.826. The third kappa shape index (κ3) is 6.32. The molecular weight excluding hydrogens is 396 g/mol. The molecule has 0 fully saturated rings. The first-order chi connectivity index (χ1) is 14.7. The third-order valence-corrected chi connectivity index (χ3v) is 4.46. The number of amides is 1. The van der Waals surface area contributed by atoms with Gasteiger partial charge < -0.3 is 14.8 Å². The molecule has 0 unspecified atom stereocenters. The van der Waals surface area contributed by atoms with Crippen molar-refractivity contribution in [2.45, 2.75) is 13.3 Å². The number of hydrogen-bond acceptors (Lipinski definition) is 4. The zero-order chi connectivity index (χ0) is 21.2. The highest BCUT2D eigenvalue weighted by Gasteiger charge is 2.13. The second-order valence-corrected chi connectivity index (χ2v) is 6.86. The molecule has 0 aliphatic rings. The average molecular weight is 421 g/mol. The lowest BCUT2D eigenvalue weighted by Crippen LogP contribution is -2.34. The van der Waals surface area contributed by atoms with Crippen LogP contribution in [0.4, 0.5) is 5.69 Å². The number of ether oxygens (including phenoxy) is 2. The van der Waals surface area contributed by atoms with Gasteiger partial charge in [0.1, 0.15) is 11.5 Å². The molecule has 0 aromatic heterocycles. The van der Waals surface area contributed by atoms with Crippen molar-refractivity contribution in [3.8, 4) is 11.5 Å². The molecule has 1 amide bonds. The van der Waals surface area contributed by atoms with Gasteiger partial charge in [0.2, 0.25) is 0 Å². The molecule has 0 spiro atoms. The number of thiocarbonyl (C=S) groups is 1. The van der Waals surface area contributed by atoms with Crippen LogP contribution >= 0.6 is 12.2 Å². The Labute approximate surface area is 182 Å². The van der Waals surface area contributed by atoms with Gasteiger partial charge in [-0.25, -0.2) is 0 Å². The molecule has 2 N–H and O–H groups in total. The van der Waals surface area contributed by atoms with Gasteiger partial charge in [-0.15, -0.1) is 0 Å². The van der Waals surface area contributed by atoms with Crippen LogP contribution in [0.15, 0.2) is 78.9 Å². The molecule has 3 aromatic carbocycles. The fraction of sp³-hybridized carbons (Fsp3) is 0.167. The van der Waals surface area contributed by atoms with Crippen LogP contribution < -0.4 is 20.1 Å². The van der Waals surface area contributed by atoms with Crippen molar-refractivity contribution < 1.29 is 14.3 Å². The second-order valence-electron chi connectivity index (χ2n) is 6.45. The van der Waals surface area contributed by atoms with Gasteiger partial charge in [-0.1, -0.05) is 48.5 Å².